The average molecular weight is 479 g/mol. The summed E-state index contributed by atoms with van der Waals surface area (Å²) >= 11 is 0. The van der Waals surface area contributed by atoms with E-state index >= 15 is 0 Å². The van der Waals surface area contributed by atoms with Crippen molar-refractivity contribution in [3.8, 4) is 0 Å². The largest absolute Gasteiger partial charge is 0.481 e. The van der Waals surface area contributed by atoms with E-state index in [0.29, 0.717) is 6.42 Å². The number of rotatable bonds is 26. The molecule has 0 spiro atoms. The molecular formula is C30H54O4. The molecule has 0 aliphatic carbocycles. The normalized spacial score (nSPS) is 12.1. The van der Waals surface area contributed by atoms with Crippen molar-refractivity contribution in [2.24, 2.45) is 5.92 Å². The van der Waals surface area contributed by atoms with Crippen LogP contribution in [0.25, 0.3) is 0 Å². The molecule has 0 amide bonds. The molecule has 0 aliphatic heterocycles. The third-order valence-electron chi connectivity index (χ3n) is 6.44. The molecular weight excluding hydrogens is 424 g/mol. The maximum absolute atomic E-state index is 11.6. The second-order valence-corrected chi connectivity index (χ2v) is 9.71. The lowest BCUT2D eigenvalue weighted by atomic mass is 9.97. The Bertz CT molecular complexity index is 512. The highest BCUT2D eigenvalue weighted by Crippen LogP contribution is 2.17. The van der Waals surface area contributed by atoms with Gasteiger partial charge in [-0.3, -0.25) is 9.59 Å². The fraction of sp³-hybridized carbons (Fsp3) is 0.800. The maximum atomic E-state index is 11.6. The molecule has 198 valence electrons. The summed E-state index contributed by atoms with van der Waals surface area (Å²) in [6.07, 6.45) is 31.2. The van der Waals surface area contributed by atoms with Crippen molar-refractivity contribution < 1.29 is 19.4 Å². The van der Waals surface area contributed by atoms with Gasteiger partial charge in [0.05, 0.1) is 12.3 Å². The first-order chi connectivity index (χ1) is 16.6. The Kier molecular flexibility index (Phi) is 24.8. The van der Waals surface area contributed by atoms with Crippen LogP contribution >= 0.6 is 0 Å². The van der Waals surface area contributed by atoms with Crippen LogP contribution in [-0.2, 0) is 14.3 Å². The van der Waals surface area contributed by atoms with Crippen LogP contribution in [0, 0.1) is 5.92 Å². The first-order valence-corrected chi connectivity index (χ1v) is 14.3. The quantitative estimate of drug-likeness (QED) is 0.0764. The molecule has 0 aromatic carbocycles. The Labute approximate surface area is 210 Å². The van der Waals surface area contributed by atoms with Gasteiger partial charge < -0.3 is 9.84 Å². The Hall–Kier alpha value is -1.58. The van der Waals surface area contributed by atoms with Gasteiger partial charge in [0.2, 0.25) is 0 Å². The zero-order chi connectivity index (χ0) is 25.1. The van der Waals surface area contributed by atoms with Gasteiger partial charge in [0.1, 0.15) is 6.61 Å². The topological polar surface area (TPSA) is 63.6 Å². The summed E-state index contributed by atoms with van der Waals surface area (Å²) in [6, 6.07) is 0. The van der Waals surface area contributed by atoms with Gasteiger partial charge in [-0.15, -0.1) is 0 Å². The number of allylic oxidation sites excluding steroid dienone is 2. The number of aliphatic carboxylic acids is 1. The molecule has 1 N–H and O–H groups in total. The third kappa shape index (κ3) is 23.6. The van der Waals surface area contributed by atoms with Gasteiger partial charge in [0, 0.05) is 0 Å². The van der Waals surface area contributed by atoms with E-state index in [1.807, 2.05) is 0 Å². The summed E-state index contributed by atoms with van der Waals surface area (Å²) in [5, 5.41) is 9.28. The summed E-state index contributed by atoms with van der Waals surface area (Å²) in [5.74, 6) is -1.99. The van der Waals surface area contributed by atoms with Crippen molar-refractivity contribution in [1.29, 1.82) is 0 Å². The smallest absolute Gasteiger partial charge is 0.307 e. The molecule has 0 fully saturated rings. The number of hydrogen-bond donors (Lipinski definition) is 1. The molecule has 1 unspecified atom stereocenters. The molecule has 4 nitrogen and oxygen atoms in total. The zero-order valence-electron chi connectivity index (χ0n) is 22.2. The van der Waals surface area contributed by atoms with E-state index in [4.69, 9.17) is 4.74 Å². The highest BCUT2D eigenvalue weighted by molar-refractivity contribution is 5.78. The molecule has 0 aliphatic rings. The second kappa shape index (κ2) is 26.0. The van der Waals surface area contributed by atoms with Gasteiger partial charge in [-0.25, -0.2) is 0 Å². The molecule has 0 aromatic rings. The summed E-state index contributed by atoms with van der Waals surface area (Å²) in [7, 11) is 0. The molecule has 34 heavy (non-hydrogen) atoms. The highest BCUT2D eigenvalue weighted by atomic mass is 16.5. The van der Waals surface area contributed by atoms with Gasteiger partial charge >= 0.3 is 11.9 Å². The second-order valence-electron chi connectivity index (χ2n) is 9.71. The van der Waals surface area contributed by atoms with Gasteiger partial charge in [-0.05, 0) is 32.1 Å². The highest BCUT2D eigenvalue weighted by Gasteiger charge is 2.21. The molecule has 4 heteroatoms. The van der Waals surface area contributed by atoms with Crippen LogP contribution in [0.4, 0.5) is 0 Å². The number of carbonyl (C=O) groups is 2. The van der Waals surface area contributed by atoms with Crippen molar-refractivity contribution >= 4 is 11.9 Å². The number of esters is 1. The molecule has 1 atom stereocenters. The summed E-state index contributed by atoms with van der Waals surface area (Å²) < 4.78 is 4.90. The predicted octanol–water partition coefficient (Wildman–Crippen LogP) is 9.18. The van der Waals surface area contributed by atoms with Crippen molar-refractivity contribution in [3.63, 3.8) is 0 Å². The number of carboxylic acid groups (broad SMARTS) is 1. The predicted molar refractivity (Wildman–Crippen MR) is 144 cm³/mol. The van der Waals surface area contributed by atoms with Crippen LogP contribution in [0.1, 0.15) is 142 Å². The van der Waals surface area contributed by atoms with Crippen LogP contribution in [0.2, 0.25) is 0 Å². The van der Waals surface area contributed by atoms with Crippen LogP contribution in [0.15, 0.2) is 24.8 Å². The van der Waals surface area contributed by atoms with Gasteiger partial charge in [-0.2, -0.15) is 0 Å². The van der Waals surface area contributed by atoms with Crippen LogP contribution in [-0.4, -0.2) is 23.7 Å². The van der Waals surface area contributed by atoms with Crippen molar-refractivity contribution in [3.05, 3.63) is 24.8 Å². The van der Waals surface area contributed by atoms with Crippen molar-refractivity contribution in [1.82, 2.24) is 0 Å². The van der Waals surface area contributed by atoms with Gasteiger partial charge in [0.25, 0.3) is 0 Å². The van der Waals surface area contributed by atoms with Crippen LogP contribution in [0.5, 0.6) is 0 Å². The number of unbranched alkanes of at least 4 members (excludes halogenated alkanes) is 17. The van der Waals surface area contributed by atoms with E-state index in [1.165, 1.54) is 109 Å². The summed E-state index contributed by atoms with van der Waals surface area (Å²) in [4.78, 5) is 22.9. The van der Waals surface area contributed by atoms with Crippen molar-refractivity contribution in [2.75, 3.05) is 6.61 Å². The molecule has 0 heterocycles. The van der Waals surface area contributed by atoms with Gasteiger partial charge in [0.15, 0.2) is 0 Å². The maximum Gasteiger partial charge on any atom is 0.307 e. The fourth-order valence-corrected chi connectivity index (χ4v) is 4.25. The van der Waals surface area contributed by atoms with E-state index in [2.05, 4.69) is 25.7 Å². The standard InChI is InChI=1S/C30H54O4/c1-3-5-6-7-8-9-10-11-12-13-14-15-16-17-18-19-20-21-22-23-24-25-28(30(32)33)27-29(31)34-26-4-2/h4,12-13,28H,2-3,5-11,14-27H2,1H3,(H,32,33)/b13-12+. The Morgan fingerprint density at radius 3 is 1.62 bits per heavy atom. The van der Waals surface area contributed by atoms with E-state index < -0.39 is 17.9 Å². The van der Waals surface area contributed by atoms with Crippen LogP contribution in [0.3, 0.4) is 0 Å². The first-order valence-electron chi connectivity index (χ1n) is 14.3. The summed E-state index contributed by atoms with van der Waals surface area (Å²) in [6.45, 7) is 5.90. The molecule has 0 saturated carbocycles. The first kappa shape index (κ1) is 32.4. The lowest BCUT2D eigenvalue weighted by Gasteiger charge is -2.11. The Morgan fingerprint density at radius 2 is 1.18 bits per heavy atom. The van der Waals surface area contributed by atoms with Gasteiger partial charge in [-0.1, -0.05) is 128 Å². The van der Waals surface area contributed by atoms with E-state index in [-0.39, 0.29) is 13.0 Å². The Balaban J connectivity index is 3.40. The zero-order valence-corrected chi connectivity index (χ0v) is 22.2. The lowest BCUT2D eigenvalue weighted by molar-refractivity contribution is -0.151. The number of ether oxygens (including phenoxy) is 1. The minimum Gasteiger partial charge on any atom is -0.481 e. The number of carbonyl (C=O) groups excluding carboxylic acids is 1. The van der Waals surface area contributed by atoms with Crippen molar-refractivity contribution in [2.45, 2.75) is 142 Å². The fourth-order valence-electron chi connectivity index (χ4n) is 4.25. The Morgan fingerprint density at radius 1 is 0.735 bits per heavy atom. The monoisotopic (exact) mass is 478 g/mol. The molecule has 0 rings (SSSR count). The molecule has 0 bridgehead atoms. The SMILES string of the molecule is C=CCOC(=O)CC(CCCCCCCCCCCC/C=C/CCCCCCCCC)C(=O)O. The van der Waals surface area contributed by atoms with E-state index in [9.17, 15) is 14.7 Å². The van der Waals surface area contributed by atoms with Crippen LogP contribution < -0.4 is 0 Å². The average Bonchev–Trinajstić information content (AvgIpc) is 2.82. The third-order valence-corrected chi connectivity index (χ3v) is 6.44. The summed E-state index contributed by atoms with van der Waals surface area (Å²) in [5.41, 5.74) is 0. The lowest BCUT2D eigenvalue weighted by Crippen LogP contribution is -2.19. The number of hydrogen-bond acceptors (Lipinski definition) is 3. The number of carboxylic acids is 1. The minimum absolute atomic E-state index is 0.0435. The molecule has 0 aromatic heterocycles. The minimum atomic E-state index is -0.904. The van der Waals surface area contributed by atoms with E-state index in [1.54, 1.807) is 0 Å². The van der Waals surface area contributed by atoms with E-state index in [0.717, 1.165) is 19.3 Å². The molecule has 0 saturated heterocycles. The molecule has 0 radical (unpaired) electrons.